The fourth-order valence-corrected chi connectivity index (χ4v) is 11.2. The number of carboxylic acid groups (broad SMARTS) is 3. The number of nitrogen functional groups attached to an aromatic ring is 1. The second-order valence-electron chi connectivity index (χ2n) is 18.2. The molecular weight excluding hydrogens is 1080 g/mol. The quantitative estimate of drug-likeness (QED) is 0.0144. The molecule has 2 aromatic heterocycles. The van der Waals surface area contributed by atoms with Gasteiger partial charge in [0.2, 0.25) is 35.2 Å². The SMILES string of the molecule is CO[C@]12C3N[C@H]3CN1C1=C(C(=O)C(NCCSSC[C@H](NC(=O)[C@H](CC(=O)O)NC(=O)[C@@H](N)CNC(=O)CC[C@@H](NC(=O)c3ccc(NCc4cnc5nc(N)[nH]c(=O)c5n4)cc3)C(=O)O)C(=O)O)=C(C)C1=O)[C@H]2COC(N)=O. The number of nitrogens with zero attached hydrogens (tertiary/aromatic N) is 4. The molecule has 3 aliphatic heterocycles. The second kappa shape index (κ2) is 24.9. The van der Waals surface area contributed by atoms with Crippen molar-refractivity contribution in [3.63, 3.8) is 0 Å². The van der Waals surface area contributed by atoms with E-state index >= 15 is 0 Å². The third-order valence-corrected chi connectivity index (χ3v) is 15.5. The van der Waals surface area contributed by atoms with E-state index in [2.05, 4.69) is 57.2 Å². The summed E-state index contributed by atoms with van der Waals surface area (Å²) in [6, 6.07) is -0.832. The molecule has 1 aromatic carbocycles. The molecule has 2 saturated heterocycles. The van der Waals surface area contributed by atoms with Gasteiger partial charge < -0.3 is 84.1 Å². The van der Waals surface area contributed by atoms with Crippen molar-refractivity contribution in [3.05, 3.63) is 74.6 Å². The number of methoxy groups -OCH3 is 1. The normalized spacial score (nSPS) is 20.4. The molecule has 0 spiro atoms. The van der Waals surface area contributed by atoms with Crippen LogP contribution in [-0.2, 0) is 54.4 Å². The van der Waals surface area contributed by atoms with Gasteiger partial charge in [-0.2, -0.15) is 4.98 Å². The molecular formula is C46H55N15O16S2. The van der Waals surface area contributed by atoms with Crippen molar-refractivity contribution in [2.45, 2.75) is 74.7 Å². The van der Waals surface area contributed by atoms with Gasteiger partial charge >= 0.3 is 24.0 Å². The van der Waals surface area contributed by atoms with Gasteiger partial charge in [0.15, 0.2) is 16.9 Å². The van der Waals surface area contributed by atoms with Gasteiger partial charge in [-0.25, -0.2) is 24.4 Å². The highest BCUT2D eigenvalue weighted by Crippen LogP contribution is 2.55. The predicted molar refractivity (Wildman–Crippen MR) is 278 cm³/mol. The largest absolute Gasteiger partial charge is 0.481 e. The highest BCUT2D eigenvalue weighted by molar-refractivity contribution is 8.76. The maximum Gasteiger partial charge on any atom is 0.404 e. The van der Waals surface area contributed by atoms with Gasteiger partial charge in [0, 0.05) is 73.1 Å². The molecule has 17 N–H and O–H groups in total. The van der Waals surface area contributed by atoms with Crippen LogP contribution in [0.25, 0.3) is 11.2 Å². The van der Waals surface area contributed by atoms with Gasteiger partial charge in [-0.1, -0.05) is 21.6 Å². The summed E-state index contributed by atoms with van der Waals surface area (Å²) in [6.45, 7) is 1.26. The molecule has 3 aromatic rings. The van der Waals surface area contributed by atoms with E-state index in [1.165, 1.54) is 44.5 Å². The van der Waals surface area contributed by atoms with Crippen LogP contribution >= 0.6 is 21.6 Å². The van der Waals surface area contributed by atoms with Crippen molar-refractivity contribution in [1.82, 2.24) is 56.7 Å². The number of carbonyl (C=O) groups is 10. The molecule has 1 unspecified atom stereocenters. The van der Waals surface area contributed by atoms with E-state index in [0.717, 1.165) is 21.6 Å². The number of nitrogens with two attached hydrogens (primary N) is 3. The van der Waals surface area contributed by atoms with E-state index in [0.29, 0.717) is 17.9 Å². The lowest BCUT2D eigenvalue weighted by atomic mass is 9.82. The number of anilines is 2. The van der Waals surface area contributed by atoms with E-state index < -0.39 is 126 Å². The maximum absolute atomic E-state index is 14.0. The first kappa shape index (κ1) is 58.3. The number of aliphatic carboxylic acids is 3. The van der Waals surface area contributed by atoms with Crippen molar-refractivity contribution in [2.24, 2.45) is 17.4 Å². The Morgan fingerprint density at radius 3 is 2.30 bits per heavy atom. The summed E-state index contributed by atoms with van der Waals surface area (Å²) < 4.78 is 11.1. The zero-order chi connectivity index (χ0) is 57.5. The fraction of sp³-hybridized carbons (Fsp3) is 0.435. The molecule has 7 rings (SSSR count). The van der Waals surface area contributed by atoms with Gasteiger partial charge in [-0.15, -0.1) is 0 Å². The number of hydrogen-bond acceptors (Lipinski definition) is 24. The number of aromatic nitrogens is 4. The first-order chi connectivity index (χ1) is 37.5. The summed E-state index contributed by atoms with van der Waals surface area (Å²) in [7, 11) is 3.60. The van der Waals surface area contributed by atoms with Crippen LogP contribution in [0.3, 0.4) is 0 Å². The highest BCUT2D eigenvalue weighted by atomic mass is 33.1. The molecule has 33 heteroatoms. The number of ether oxygens (including phenoxy) is 2. The molecule has 5 amide bonds. The molecule has 4 aliphatic rings. The number of aromatic amines is 1. The molecule has 8 atom stereocenters. The molecule has 5 heterocycles. The minimum absolute atomic E-state index is 0.00687. The Kier molecular flexibility index (Phi) is 18.4. The summed E-state index contributed by atoms with van der Waals surface area (Å²) in [5.74, 6) is -10.2. The maximum atomic E-state index is 14.0. The average molecular weight is 1140 g/mol. The smallest absolute Gasteiger partial charge is 0.404 e. The second-order valence-corrected chi connectivity index (χ2v) is 20.9. The predicted octanol–water partition coefficient (Wildman–Crippen LogP) is -3.78. The van der Waals surface area contributed by atoms with Gasteiger partial charge in [-0.3, -0.25) is 43.3 Å². The lowest BCUT2D eigenvalue weighted by molar-refractivity contribution is -0.143. The van der Waals surface area contributed by atoms with Crippen LogP contribution in [0, 0.1) is 5.92 Å². The zero-order valence-corrected chi connectivity index (χ0v) is 43.6. The van der Waals surface area contributed by atoms with Crippen LogP contribution in [-0.4, -0.2) is 186 Å². The monoisotopic (exact) mass is 1140 g/mol. The van der Waals surface area contributed by atoms with E-state index in [-0.39, 0.29) is 88.5 Å². The van der Waals surface area contributed by atoms with Crippen molar-refractivity contribution >= 4 is 104 Å². The number of rotatable bonds is 28. The zero-order valence-electron chi connectivity index (χ0n) is 42.0. The standard InChI is InChI=1S/C46H55N15O16S2/c1-18-31(35(66)30-22(16-77-45(49)75)46(76-2)36-26(55-36)15-61(46)33(30)34(18)65)50-9-10-78-79-17-27(43(73)74)58-40(69)25(11-29(63)64)57-39(68)23(47)14-52-28(62)8-7-24(42(71)72)56-38(67)19-3-5-20(6-4-19)51-12-21-13-53-37-32(54-21)41(70)60-44(48)59-37/h3-6,13,22-27,36,50-51,55H,7-12,14-17,47H2,1-2H3,(H2,49,75)(H,52,62)(H,56,67)(H,57,68)(H,58,69)(H,63,64)(H,71,72)(H,73,74)(H3,48,53,59,60,70)/t22-,23+,24-,25+,26+,27+,36?,46-/m1/s1. The van der Waals surface area contributed by atoms with E-state index in [4.69, 9.17) is 26.7 Å². The van der Waals surface area contributed by atoms with Crippen molar-refractivity contribution in [2.75, 3.05) is 55.9 Å². The van der Waals surface area contributed by atoms with Crippen molar-refractivity contribution < 1.29 is 72.7 Å². The van der Waals surface area contributed by atoms with Gasteiger partial charge in [0.05, 0.1) is 48.2 Å². The number of carboxylic acids is 3. The summed E-state index contributed by atoms with van der Waals surface area (Å²) in [6.07, 6.45) is -1.50. The first-order valence-corrected chi connectivity index (χ1v) is 26.5. The molecule has 422 valence electrons. The number of fused-ring (bicyclic) bond motifs is 5. The summed E-state index contributed by atoms with van der Waals surface area (Å²) in [4.78, 5) is 156. The Labute approximate surface area is 454 Å². The van der Waals surface area contributed by atoms with Crippen LogP contribution in [0.5, 0.6) is 0 Å². The van der Waals surface area contributed by atoms with Crippen molar-refractivity contribution in [3.8, 4) is 0 Å². The van der Waals surface area contributed by atoms with Crippen LogP contribution in [0.15, 0.2) is 57.8 Å². The Morgan fingerprint density at radius 1 is 0.924 bits per heavy atom. The summed E-state index contributed by atoms with van der Waals surface area (Å²) >= 11 is 0. The van der Waals surface area contributed by atoms with E-state index in [1.807, 2.05) is 0 Å². The fourth-order valence-electron chi connectivity index (χ4n) is 9.17. The number of nitrogens with one attached hydrogen (secondary N) is 8. The van der Waals surface area contributed by atoms with Gasteiger partial charge in [-0.05, 0) is 37.6 Å². The highest BCUT2D eigenvalue weighted by Gasteiger charge is 2.72. The first-order valence-electron chi connectivity index (χ1n) is 24.0. The Balaban J connectivity index is 0.822. The lowest BCUT2D eigenvalue weighted by Gasteiger charge is -2.39. The molecule has 0 bridgehead atoms. The third-order valence-electron chi connectivity index (χ3n) is 13.1. The number of amides is 5. The molecule has 2 fully saturated rings. The van der Waals surface area contributed by atoms with Crippen LogP contribution in [0.1, 0.15) is 42.2 Å². The number of hydrogen-bond donors (Lipinski definition) is 14. The number of benzene rings is 1. The molecule has 79 heavy (non-hydrogen) atoms. The Bertz CT molecular complexity index is 3100. The number of piperazine rings is 1. The topological polar surface area (TPSA) is 497 Å². The molecule has 31 nitrogen and oxygen atoms in total. The van der Waals surface area contributed by atoms with Crippen LogP contribution in [0.4, 0.5) is 16.4 Å². The number of H-pyrrole nitrogens is 1. The Hall–Kier alpha value is -8.40. The number of allylic oxidation sites excluding steroid dienone is 2. The van der Waals surface area contributed by atoms with Gasteiger partial charge in [0.1, 0.15) is 30.8 Å². The minimum Gasteiger partial charge on any atom is -0.481 e. The van der Waals surface area contributed by atoms with Crippen molar-refractivity contribution in [1.29, 1.82) is 0 Å². The van der Waals surface area contributed by atoms with Gasteiger partial charge in [0.25, 0.3) is 11.5 Å². The molecule has 1 aliphatic carbocycles. The number of ketones is 2. The third kappa shape index (κ3) is 13.3. The number of Topliss-reactive ketones (excluding diaryl/α,β-unsaturated/α-hetero) is 2. The minimum atomic E-state index is -1.82. The van der Waals surface area contributed by atoms with E-state index in [9.17, 15) is 68.1 Å². The Morgan fingerprint density at radius 2 is 1.63 bits per heavy atom. The van der Waals surface area contributed by atoms with E-state index in [1.54, 1.807) is 4.90 Å². The molecule has 0 saturated carbocycles. The van der Waals surface area contributed by atoms with Crippen LogP contribution < -0.4 is 60.0 Å². The van der Waals surface area contributed by atoms with Crippen LogP contribution in [0.2, 0.25) is 0 Å². The number of carbonyl (C=O) groups excluding carboxylic acids is 7. The number of primary amides is 1. The summed E-state index contributed by atoms with van der Waals surface area (Å²) in [5, 5.41) is 47.5. The summed E-state index contributed by atoms with van der Waals surface area (Å²) in [5.41, 5.74) is 16.5. The molecule has 0 radical (unpaired) electrons. The lowest BCUT2D eigenvalue weighted by Crippen LogP contribution is -2.57. The average Bonchev–Trinajstić information content (AvgIpc) is 4.14.